The van der Waals surface area contributed by atoms with Gasteiger partial charge in [0, 0.05) is 12.0 Å². The van der Waals surface area contributed by atoms with Crippen LogP contribution in [-0.2, 0) is 4.79 Å². The van der Waals surface area contributed by atoms with Crippen LogP contribution in [0.3, 0.4) is 0 Å². The van der Waals surface area contributed by atoms with Crippen LogP contribution in [0, 0.1) is 5.92 Å². The SMILES string of the molecule is CC(C)CC(=O)NNC(=O)c1ccc(Cl)c(Cl)c1. The van der Waals surface area contributed by atoms with Gasteiger partial charge in [-0.1, -0.05) is 37.0 Å². The van der Waals surface area contributed by atoms with E-state index in [1.165, 1.54) is 18.2 Å². The first-order valence-electron chi connectivity index (χ1n) is 5.44. The van der Waals surface area contributed by atoms with Crippen LogP contribution in [0.15, 0.2) is 18.2 Å². The molecular formula is C12H14Cl2N2O2. The number of carbonyl (C=O) groups excluding carboxylic acids is 2. The first kappa shape index (κ1) is 14.8. The van der Waals surface area contributed by atoms with E-state index in [9.17, 15) is 9.59 Å². The van der Waals surface area contributed by atoms with Gasteiger partial charge in [-0.25, -0.2) is 0 Å². The lowest BCUT2D eigenvalue weighted by molar-refractivity contribution is -0.122. The molecule has 0 unspecified atom stereocenters. The van der Waals surface area contributed by atoms with Gasteiger partial charge in [-0.3, -0.25) is 20.4 Å². The minimum absolute atomic E-state index is 0.229. The zero-order chi connectivity index (χ0) is 13.7. The van der Waals surface area contributed by atoms with Crippen LogP contribution in [0.4, 0.5) is 0 Å². The van der Waals surface area contributed by atoms with Gasteiger partial charge in [-0.15, -0.1) is 0 Å². The third kappa shape index (κ3) is 4.55. The Morgan fingerprint density at radius 3 is 2.39 bits per heavy atom. The van der Waals surface area contributed by atoms with E-state index in [1.54, 1.807) is 0 Å². The van der Waals surface area contributed by atoms with Gasteiger partial charge >= 0.3 is 0 Å². The lowest BCUT2D eigenvalue weighted by Gasteiger charge is -2.09. The van der Waals surface area contributed by atoms with Gasteiger partial charge < -0.3 is 0 Å². The Labute approximate surface area is 116 Å². The Morgan fingerprint density at radius 1 is 1.17 bits per heavy atom. The van der Waals surface area contributed by atoms with Crippen molar-refractivity contribution in [2.24, 2.45) is 5.92 Å². The summed E-state index contributed by atoms with van der Waals surface area (Å²) < 4.78 is 0. The van der Waals surface area contributed by atoms with E-state index in [0.29, 0.717) is 17.0 Å². The van der Waals surface area contributed by atoms with Crippen LogP contribution in [0.25, 0.3) is 0 Å². The summed E-state index contributed by atoms with van der Waals surface area (Å²) in [6, 6.07) is 4.49. The molecular weight excluding hydrogens is 275 g/mol. The number of hydrogen-bond acceptors (Lipinski definition) is 2. The van der Waals surface area contributed by atoms with Crippen LogP contribution in [0.5, 0.6) is 0 Å². The van der Waals surface area contributed by atoms with Crippen LogP contribution < -0.4 is 10.9 Å². The second kappa shape index (κ2) is 6.61. The van der Waals surface area contributed by atoms with Gasteiger partial charge in [0.1, 0.15) is 0 Å². The lowest BCUT2D eigenvalue weighted by atomic mass is 10.1. The molecule has 0 saturated heterocycles. The highest BCUT2D eigenvalue weighted by molar-refractivity contribution is 6.42. The van der Waals surface area contributed by atoms with Crippen molar-refractivity contribution in [2.75, 3.05) is 0 Å². The summed E-state index contributed by atoms with van der Waals surface area (Å²) in [6.45, 7) is 3.83. The van der Waals surface area contributed by atoms with Gasteiger partial charge in [-0.05, 0) is 24.1 Å². The molecule has 0 fully saturated rings. The Balaban J connectivity index is 2.55. The van der Waals surface area contributed by atoms with Gasteiger partial charge in [0.2, 0.25) is 5.91 Å². The molecule has 6 heteroatoms. The number of benzene rings is 1. The second-order valence-electron chi connectivity index (χ2n) is 4.23. The van der Waals surface area contributed by atoms with Crippen molar-refractivity contribution >= 4 is 35.0 Å². The zero-order valence-electron chi connectivity index (χ0n) is 10.1. The average Bonchev–Trinajstić information content (AvgIpc) is 2.28. The predicted octanol–water partition coefficient (Wildman–Crippen LogP) is 2.80. The van der Waals surface area contributed by atoms with Gasteiger partial charge in [0.25, 0.3) is 5.91 Å². The molecule has 1 rings (SSSR count). The summed E-state index contributed by atoms with van der Waals surface area (Å²) in [6.07, 6.45) is 0.349. The molecule has 2 N–H and O–H groups in total. The molecule has 0 radical (unpaired) electrons. The molecule has 0 aromatic heterocycles. The molecule has 0 aliphatic carbocycles. The van der Waals surface area contributed by atoms with Crippen molar-refractivity contribution in [1.29, 1.82) is 0 Å². The van der Waals surface area contributed by atoms with Crippen LogP contribution in [0.1, 0.15) is 30.6 Å². The number of amides is 2. The highest BCUT2D eigenvalue weighted by Gasteiger charge is 2.10. The molecule has 0 bridgehead atoms. The Kier molecular flexibility index (Phi) is 5.44. The molecule has 0 heterocycles. The Morgan fingerprint density at radius 2 is 1.83 bits per heavy atom. The molecule has 18 heavy (non-hydrogen) atoms. The fourth-order valence-electron chi connectivity index (χ4n) is 1.26. The van der Waals surface area contributed by atoms with Crippen molar-refractivity contribution < 1.29 is 9.59 Å². The molecule has 0 aliphatic rings. The summed E-state index contributed by atoms with van der Waals surface area (Å²) in [5.74, 6) is -0.448. The number of halogens is 2. The minimum atomic E-state index is -0.439. The van der Waals surface area contributed by atoms with E-state index in [-0.39, 0.29) is 16.8 Å². The predicted molar refractivity (Wildman–Crippen MR) is 71.5 cm³/mol. The Bertz CT molecular complexity index is 461. The zero-order valence-corrected chi connectivity index (χ0v) is 11.6. The fourth-order valence-corrected chi connectivity index (χ4v) is 1.56. The van der Waals surface area contributed by atoms with Crippen molar-refractivity contribution in [2.45, 2.75) is 20.3 Å². The highest BCUT2D eigenvalue weighted by atomic mass is 35.5. The second-order valence-corrected chi connectivity index (χ2v) is 5.04. The van der Waals surface area contributed by atoms with E-state index in [0.717, 1.165) is 0 Å². The van der Waals surface area contributed by atoms with Gasteiger partial charge in [-0.2, -0.15) is 0 Å². The summed E-state index contributed by atoms with van der Waals surface area (Å²) >= 11 is 11.5. The molecule has 0 atom stereocenters. The molecule has 98 valence electrons. The average molecular weight is 289 g/mol. The molecule has 4 nitrogen and oxygen atoms in total. The van der Waals surface area contributed by atoms with Crippen LogP contribution >= 0.6 is 23.2 Å². The minimum Gasteiger partial charge on any atom is -0.273 e. The third-order valence-electron chi connectivity index (χ3n) is 2.09. The van der Waals surface area contributed by atoms with Gasteiger partial charge in [0.15, 0.2) is 0 Å². The molecule has 1 aromatic carbocycles. The van der Waals surface area contributed by atoms with Crippen molar-refractivity contribution in [3.05, 3.63) is 33.8 Å². The first-order chi connectivity index (χ1) is 8.40. The highest BCUT2D eigenvalue weighted by Crippen LogP contribution is 2.22. The summed E-state index contributed by atoms with van der Waals surface area (Å²) in [5.41, 5.74) is 4.97. The van der Waals surface area contributed by atoms with E-state index in [1.807, 2.05) is 13.8 Å². The van der Waals surface area contributed by atoms with E-state index >= 15 is 0 Å². The van der Waals surface area contributed by atoms with Crippen molar-refractivity contribution in [3.63, 3.8) is 0 Å². The topological polar surface area (TPSA) is 58.2 Å². The van der Waals surface area contributed by atoms with Crippen molar-refractivity contribution in [3.8, 4) is 0 Å². The molecule has 0 spiro atoms. The maximum Gasteiger partial charge on any atom is 0.269 e. The molecule has 0 aliphatic heterocycles. The summed E-state index contributed by atoms with van der Waals surface area (Å²) in [4.78, 5) is 23.0. The van der Waals surface area contributed by atoms with Crippen molar-refractivity contribution in [1.82, 2.24) is 10.9 Å². The number of nitrogens with one attached hydrogen (secondary N) is 2. The summed E-state index contributed by atoms with van der Waals surface area (Å²) in [5, 5.41) is 0.662. The van der Waals surface area contributed by atoms with Gasteiger partial charge in [0.05, 0.1) is 10.0 Å². The quantitative estimate of drug-likeness (QED) is 0.841. The maximum atomic E-state index is 11.7. The monoisotopic (exact) mass is 288 g/mol. The third-order valence-corrected chi connectivity index (χ3v) is 2.83. The van der Waals surface area contributed by atoms with E-state index in [2.05, 4.69) is 10.9 Å². The number of hydrogen-bond donors (Lipinski definition) is 2. The smallest absolute Gasteiger partial charge is 0.269 e. The maximum absolute atomic E-state index is 11.7. The summed E-state index contributed by atoms with van der Waals surface area (Å²) in [7, 11) is 0. The number of hydrazine groups is 1. The molecule has 2 amide bonds. The normalized spacial score (nSPS) is 10.3. The number of carbonyl (C=O) groups is 2. The van der Waals surface area contributed by atoms with E-state index < -0.39 is 5.91 Å². The van der Waals surface area contributed by atoms with Crippen LogP contribution in [0.2, 0.25) is 10.0 Å². The fraction of sp³-hybridized carbons (Fsp3) is 0.333. The van der Waals surface area contributed by atoms with E-state index in [4.69, 9.17) is 23.2 Å². The first-order valence-corrected chi connectivity index (χ1v) is 6.20. The number of rotatable bonds is 3. The largest absolute Gasteiger partial charge is 0.273 e. The Hall–Kier alpha value is -1.26. The lowest BCUT2D eigenvalue weighted by Crippen LogP contribution is -2.42. The standard InChI is InChI=1S/C12H14Cl2N2O2/c1-7(2)5-11(17)15-16-12(18)8-3-4-9(13)10(14)6-8/h3-4,6-7H,5H2,1-2H3,(H,15,17)(H,16,18). The molecule has 0 saturated carbocycles. The van der Waals surface area contributed by atoms with Crippen LogP contribution in [-0.4, -0.2) is 11.8 Å². The molecule has 1 aromatic rings.